The molecule has 3 amide bonds. The lowest BCUT2D eigenvalue weighted by Gasteiger charge is -2.25. The highest BCUT2D eigenvalue weighted by molar-refractivity contribution is 6.00. The predicted octanol–water partition coefficient (Wildman–Crippen LogP) is 2.75. The molecular weight excluding hydrogens is 358 g/mol. The van der Waals surface area contributed by atoms with Crippen LogP contribution in [0.25, 0.3) is 0 Å². The third-order valence-corrected chi connectivity index (χ3v) is 4.94. The van der Waals surface area contributed by atoms with E-state index in [-0.39, 0.29) is 18.5 Å². The van der Waals surface area contributed by atoms with Gasteiger partial charge in [-0.2, -0.15) is 0 Å². The van der Waals surface area contributed by atoms with Crippen LogP contribution in [0, 0.1) is 0 Å². The lowest BCUT2D eigenvalue weighted by atomic mass is 10.2. The van der Waals surface area contributed by atoms with Crippen molar-refractivity contribution in [2.24, 2.45) is 0 Å². The standard InChI is InChI=1S/C21H23N3O4/c1-2-23(16-6-4-3-5-7-16)20(25)15-22-10-11-24(21(22)26)17-8-9-18-19(14-17)28-13-12-27-18/h3-9,14H,2,10-13,15H2,1H3. The summed E-state index contributed by atoms with van der Waals surface area (Å²) in [7, 11) is 0. The lowest BCUT2D eigenvalue weighted by Crippen LogP contribution is -2.42. The fourth-order valence-electron chi connectivity index (χ4n) is 3.53. The first-order chi connectivity index (χ1) is 13.7. The van der Waals surface area contributed by atoms with Crippen molar-refractivity contribution >= 4 is 23.3 Å². The van der Waals surface area contributed by atoms with Gasteiger partial charge in [0.25, 0.3) is 0 Å². The molecule has 4 rings (SSSR count). The number of nitrogens with zero attached hydrogens (tertiary/aromatic N) is 3. The molecular formula is C21H23N3O4. The molecule has 0 bridgehead atoms. The van der Waals surface area contributed by atoms with Crippen molar-refractivity contribution in [3.63, 3.8) is 0 Å². The van der Waals surface area contributed by atoms with E-state index in [2.05, 4.69) is 0 Å². The van der Waals surface area contributed by atoms with Gasteiger partial charge in [0.1, 0.15) is 19.8 Å². The van der Waals surface area contributed by atoms with Gasteiger partial charge in [0.15, 0.2) is 11.5 Å². The number of fused-ring (bicyclic) bond motifs is 1. The van der Waals surface area contributed by atoms with Gasteiger partial charge in [-0.15, -0.1) is 0 Å². The van der Waals surface area contributed by atoms with Crippen LogP contribution < -0.4 is 19.3 Å². The van der Waals surface area contributed by atoms with Crippen LogP contribution in [0.4, 0.5) is 16.2 Å². The Kier molecular flexibility index (Phi) is 5.06. The van der Waals surface area contributed by atoms with Crippen molar-refractivity contribution in [1.29, 1.82) is 0 Å². The van der Waals surface area contributed by atoms with Crippen LogP contribution in [0.15, 0.2) is 48.5 Å². The fraction of sp³-hybridized carbons (Fsp3) is 0.333. The van der Waals surface area contributed by atoms with E-state index in [1.807, 2.05) is 55.5 Å². The van der Waals surface area contributed by atoms with Gasteiger partial charge < -0.3 is 19.3 Å². The Morgan fingerprint density at radius 2 is 1.79 bits per heavy atom. The predicted molar refractivity (Wildman–Crippen MR) is 106 cm³/mol. The van der Waals surface area contributed by atoms with Crippen LogP contribution in [0.5, 0.6) is 11.5 Å². The molecule has 1 saturated heterocycles. The normalized spacial score (nSPS) is 15.7. The molecule has 28 heavy (non-hydrogen) atoms. The highest BCUT2D eigenvalue weighted by Gasteiger charge is 2.32. The average molecular weight is 381 g/mol. The minimum atomic E-state index is -0.172. The molecule has 0 spiro atoms. The number of anilines is 2. The summed E-state index contributed by atoms with van der Waals surface area (Å²) in [5, 5.41) is 0. The monoisotopic (exact) mass is 381 g/mol. The second kappa shape index (κ2) is 7.80. The van der Waals surface area contributed by atoms with Crippen molar-refractivity contribution in [2.45, 2.75) is 6.92 Å². The second-order valence-electron chi connectivity index (χ2n) is 6.66. The molecule has 0 aliphatic carbocycles. The molecule has 0 N–H and O–H groups in total. The molecule has 1 fully saturated rings. The zero-order chi connectivity index (χ0) is 19.5. The summed E-state index contributed by atoms with van der Waals surface area (Å²) >= 11 is 0. The first-order valence-electron chi connectivity index (χ1n) is 9.49. The Hall–Kier alpha value is -3.22. The highest BCUT2D eigenvalue weighted by atomic mass is 16.6. The number of urea groups is 1. The molecule has 146 valence electrons. The van der Waals surface area contributed by atoms with Crippen LogP contribution in [0.1, 0.15) is 6.92 Å². The van der Waals surface area contributed by atoms with E-state index >= 15 is 0 Å². The van der Waals surface area contributed by atoms with Crippen molar-refractivity contribution in [3.05, 3.63) is 48.5 Å². The summed E-state index contributed by atoms with van der Waals surface area (Å²) in [4.78, 5) is 30.6. The number of likely N-dealkylation sites (N-methyl/N-ethyl adjacent to an activating group) is 1. The van der Waals surface area contributed by atoms with E-state index in [9.17, 15) is 9.59 Å². The molecule has 0 aromatic heterocycles. The van der Waals surface area contributed by atoms with E-state index in [0.717, 1.165) is 11.4 Å². The number of hydrogen-bond acceptors (Lipinski definition) is 4. The maximum atomic E-state index is 12.9. The van der Waals surface area contributed by atoms with Crippen molar-refractivity contribution in [1.82, 2.24) is 4.90 Å². The van der Waals surface area contributed by atoms with Crippen LogP contribution in [0.2, 0.25) is 0 Å². The first-order valence-corrected chi connectivity index (χ1v) is 9.49. The zero-order valence-electron chi connectivity index (χ0n) is 15.8. The molecule has 2 aromatic rings. The number of hydrogen-bond donors (Lipinski definition) is 0. The summed E-state index contributed by atoms with van der Waals surface area (Å²) in [6, 6.07) is 14.8. The highest BCUT2D eigenvalue weighted by Crippen LogP contribution is 2.35. The maximum absolute atomic E-state index is 12.9. The summed E-state index contributed by atoms with van der Waals surface area (Å²) < 4.78 is 11.1. The smallest absolute Gasteiger partial charge is 0.325 e. The third-order valence-electron chi connectivity index (χ3n) is 4.94. The van der Waals surface area contributed by atoms with Gasteiger partial charge in [-0.25, -0.2) is 4.79 Å². The van der Waals surface area contributed by atoms with Gasteiger partial charge in [0.05, 0.1) is 0 Å². The van der Waals surface area contributed by atoms with Crippen LogP contribution in [0.3, 0.4) is 0 Å². The molecule has 0 atom stereocenters. The van der Waals surface area contributed by atoms with Gasteiger partial charge in [-0.3, -0.25) is 9.69 Å². The quantitative estimate of drug-likeness (QED) is 0.799. The van der Waals surface area contributed by atoms with Crippen LogP contribution in [-0.4, -0.2) is 56.2 Å². The van der Waals surface area contributed by atoms with Crippen molar-refractivity contribution in [2.75, 3.05) is 49.2 Å². The Morgan fingerprint density at radius 3 is 2.54 bits per heavy atom. The summed E-state index contributed by atoms with van der Waals surface area (Å²) in [6.45, 7) is 4.60. The Labute approximate surface area is 164 Å². The molecule has 7 heteroatoms. The van der Waals surface area contributed by atoms with Gasteiger partial charge in [0.2, 0.25) is 5.91 Å². The molecule has 7 nitrogen and oxygen atoms in total. The summed E-state index contributed by atoms with van der Waals surface area (Å²) in [5.74, 6) is 1.24. The Bertz CT molecular complexity index is 871. The molecule has 0 saturated carbocycles. The largest absolute Gasteiger partial charge is 0.486 e. The van der Waals surface area contributed by atoms with Gasteiger partial charge >= 0.3 is 6.03 Å². The number of para-hydroxylation sites is 1. The minimum Gasteiger partial charge on any atom is -0.486 e. The molecule has 0 unspecified atom stereocenters. The number of amides is 3. The van der Waals surface area contributed by atoms with E-state index < -0.39 is 0 Å². The van der Waals surface area contributed by atoms with E-state index in [1.165, 1.54) is 0 Å². The Balaban J connectivity index is 1.45. The fourth-order valence-corrected chi connectivity index (χ4v) is 3.53. The van der Waals surface area contributed by atoms with E-state index in [0.29, 0.717) is 44.3 Å². The molecule has 2 aliphatic rings. The lowest BCUT2D eigenvalue weighted by molar-refractivity contribution is -0.119. The average Bonchev–Trinajstić information content (AvgIpc) is 3.09. The summed E-state index contributed by atoms with van der Waals surface area (Å²) in [5.41, 5.74) is 1.59. The SMILES string of the molecule is CCN(C(=O)CN1CCN(c2ccc3c(c2)OCCO3)C1=O)c1ccccc1. The number of carbonyl (C=O) groups excluding carboxylic acids is 2. The van der Waals surface area contributed by atoms with Gasteiger partial charge in [0, 0.05) is 37.1 Å². The minimum absolute atomic E-state index is 0.0582. The molecule has 2 aromatic carbocycles. The summed E-state index contributed by atoms with van der Waals surface area (Å²) in [6.07, 6.45) is 0. The first kappa shape index (κ1) is 18.2. The second-order valence-corrected chi connectivity index (χ2v) is 6.66. The third kappa shape index (κ3) is 3.47. The van der Waals surface area contributed by atoms with E-state index in [1.54, 1.807) is 14.7 Å². The molecule has 2 heterocycles. The van der Waals surface area contributed by atoms with Gasteiger partial charge in [-0.05, 0) is 31.2 Å². The number of rotatable bonds is 5. The molecule has 0 radical (unpaired) electrons. The number of ether oxygens (including phenoxy) is 2. The molecule has 2 aliphatic heterocycles. The number of benzene rings is 2. The van der Waals surface area contributed by atoms with Crippen molar-refractivity contribution < 1.29 is 19.1 Å². The van der Waals surface area contributed by atoms with Crippen LogP contribution >= 0.6 is 0 Å². The van der Waals surface area contributed by atoms with Crippen LogP contribution in [-0.2, 0) is 4.79 Å². The topological polar surface area (TPSA) is 62.3 Å². The van der Waals surface area contributed by atoms with Crippen molar-refractivity contribution in [3.8, 4) is 11.5 Å². The zero-order valence-corrected chi connectivity index (χ0v) is 15.8. The van der Waals surface area contributed by atoms with Gasteiger partial charge in [-0.1, -0.05) is 18.2 Å². The van der Waals surface area contributed by atoms with E-state index in [4.69, 9.17) is 9.47 Å². The number of carbonyl (C=O) groups is 2. The Morgan fingerprint density at radius 1 is 1.04 bits per heavy atom. The maximum Gasteiger partial charge on any atom is 0.325 e.